The van der Waals surface area contributed by atoms with Crippen molar-refractivity contribution in [3.8, 4) is 0 Å². The van der Waals surface area contributed by atoms with Crippen molar-refractivity contribution in [2.45, 2.75) is 32.8 Å². The molecule has 1 aliphatic rings. The summed E-state index contributed by atoms with van der Waals surface area (Å²) in [6.45, 7) is 7.59. The molecule has 0 bridgehead atoms. The molecular weight excluding hydrogens is 242 g/mol. The molecule has 7 heteroatoms. The number of ether oxygens (including phenoxy) is 1. The molecule has 0 spiro atoms. The van der Waals surface area contributed by atoms with Gasteiger partial charge < -0.3 is 20.3 Å². The number of hydrogen-bond acceptors (Lipinski definition) is 5. The molecule has 0 aromatic carbocycles. The topological polar surface area (TPSA) is 113 Å². The fourth-order valence-electron chi connectivity index (χ4n) is 1.11. The number of nitrogens with one attached hydrogen (secondary N) is 1. The minimum absolute atomic E-state index is 0.0750. The zero-order valence-corrected chi connectivity index (χ0v) is 10.7. The quantitative estimate of drug-likeness (QED) is 0.477. The largest absolute Gasteiger partial charge is 0.473 e. The lowest BCUT2D eigenvalue weighted by Gasteiger charge is -2.27. The van der Waals surface area contributed by atoms with E-state index in [1.165, 1.54) is 0 Å². The number of carboxylic acid groups (broad SMARTS) is 2. The average Bonchev–Trinajstić information content (AvgIpc) is 2.09. The Morgan fingerprint density at radius 2 is 1.61 bits per heavy atom. The van der Waals surface area contributed by atoms with Crippen LogP contribution in [0.4, 0.5) is 0 Å². The fourth-order valence-corrected chi connectivity index (χ4v) is 1.11. The number of hydrogen-bond donors (Lipinski definition) is 3. The van der Waals surface area contributed by atoms with Gasteiger partial charge in [0.2, 0.25) is 0 Å². The summed E-state index contributed by atoms with van der Waals surface area (Å²) < 4.78 is 5.18. The molecule has 0 aliphatic carbocycles. The molecular formula is C11H19NO6. The molecule has 1 heterocycles. The second-order valence-corrected chi connectivity index (χ2v) is 4.93. The number of rotatable bonds is 2. The van der Waals surface area contributed by atoms with Crippen molar-refractivity contribution in [1.29, 1.82) is 0 Å². The Labute approximate surface area is 105 Å². The standard InChI is InChI=1S/C9H17NO2.C2H2O4/c1-9(2,3)12-8(11)4-7-5-10-6-7;3-1(4)2(5)6/h7,10H,4-6H2,1-3H3;(H,3,4)(H,5,6). The van der Waals surface area contributed by atoms with Crippen LogP contribution in [0.3, 0.4) is 0 Å². The van der Waals surface area contributed by atoms with Gasteiger partial charge in [-0.3, -0.25) is 4.79 Å². The molecule has 0 saturated carbocycles. The predicted molar refractivity (Wildman–Crippen MR) is 62.1 cm³/mol. The molecule has 104 valence electrons. The maximum atomic E-state index is 11.2. The fraction of sp³-hybridized carbons (Fsp3) is 0.727. The van der Waals surface area contributed by atoms with Gasteiger partial charge in [0, 0.05) is 0 Å². The summed E-state index contributed by atoms with van der Waals surface area (Å²) in [5.74, 6) is -3.22. The molecule has 0 amide bonds. The third-order valence-corrected chi connectivity index (χ3v) is 1.92. The molecule has 0 unspecified atom stereocenters. The van der Waals surface area contributed by atoms with E-state index >= 15 is 0 Å². The van der Waals surface area contributed by atoms with Crippen molar-refractivity contribution in [1.82, 2.24) is 5.32 Å². The first-order chi connectivity index (χ1) is 8.11. The number of esters is 1. The SMILES string of the molecule is CC(C)(C)OC(=O)CC1CNC1.O=C(O)C(=O)O. The van der Waals surface area contributed by atoms with E-state index < -0.39 is 11.9 Å². The summed E-state index contributed by atoms with van der Waals surface area (Å²) >= 11 is 0. The minimum atomic E-state index is -1.82. The molecule has 18 heavy (non-hydrogen) atoms. The summed E-state index contributed by atoms with van der Waals surface area (Å²) in [6.07, 6.45) is 0.560. The molecule has 0 atom stereocenters. The molecule has 0 aromatic rings. The second kappa shape index (κ2) is 6.95. The summed E-state index contributed by atoms with van der Waals surface area (Å²) in [5.41, 5.74) is -0.339. The van der Waals surface area contributed by atoms with Crippen molar-refractivity contribution in [3.63, 3.8) is 0 Å². The van der Waals surface area contributed by atoms with Crippen molar-refractivity contribution >= 4 is 17.9 Å². The van der Waals surface area contributed by atoms with E-state index in [-0.39, 0.29) is 11.6 Å². The van der Waals surface area contributed by atoms with Crippen molar-refractivity contribution < 1.29 is 29.3 Å². The van der Waals surface area contributed by atoms with E-state index in [0.717, 1.165) is 13.1 Å². The van der Waals surface area contributed by atoms with Gasteiger partial charge in [-0.1, -0.05) is 0 Å². The van der Waals surface area contributed by atoms with Crippen LogP contribution in [0.5, 0.6) is 0 Å². The Hall–Kier alpha value is -1.63. The highest BCUT2D eigenvalue weighted by Gasteiger charge is 2.23. The maximum absolute atomic E-state index is 11.2. The molecule has 1 aliphatic heterocycles. The summed E-state index contributed by atoms with van der Waals surface area (Å²) in [5, 5.41) is 17.9. The van der Waals surface area contributed by atoms with E-state index in [4.69, 9.17) is 24.5 Å². The Bertz CT molecular complexity index is 304. The third-order valence-electron chi connectivity index (χ3n) is 1.92. The van der Waals surface area contributed by atoms with Crippen LogP contribution in [0.2, 0.25) is 0 Å². The minimum Gasteiger partial charge on any atom is -0.473 e. The van der Waals surface area contributed by atoms with Crippen LogP contribution in [-0.2, 0) is 19.1 Å². The van der Waals surface area contributed by atoms with E-state index in [1.54, 1.807) is 0 Å². The van der Waals surface area contributed by atoms with Gasteiger partial charge in [0.05, 0.1) is 6.42 Å². The smallest absolute Gasteiger partial charge is 0.414 e. The molecule has 0 aromatic heterocycles. The first-order valence-electron chi connectivity index (χ1n) is 5.50. The van der Waals surface area contributed by atoms with E-state index in [1.807, 2.05) is 20.8 Å². The van der Waals surface area contributed by atoms with Gasteiger partial charge in [-0.05, 0) is 39.8 Å². The van der Waals surface area contributed by atoms with Gasteiger partial charge >= 0.3 is 17.9 Å². The van der Waals surface area contributed by atoms with Gasteiger partial charge in [-0.25, -0.2) is 9.59 Å². The molecule has 1 fully saturated rings. The Kier molecular flexibility index (Phi) is 6.32. The molecule has 7 nitrogen and oxygen atoms in total. The first kappa shape index (κ1) is 16.4. The lowest BCUT2D eigenvalue weighted by atomic mass is 9.99. The lowest BCUT2D eigenvalue weighted by molar-refractivity contribution is -0.159. The highest BCUT2D eigenvalue weighted by molar-refractivity contribution is 6.27. The number of carboxylic acids is 2. The van der Waals surface area contributed by atoms with Crippen LogP contribution in [0.15, 0.2) is 0 Å². The summed E-state index contributed by atoms with van der Waals surface area (Å²) in [4.78, 5) is 29.4. The zero-order chi connectivity index (χ0) is 14.3. The van der Waals surface area contributed by atoms with Crippen LogP contribution in [0, 0.1) is 5.92 Å². The normalized spacial score (nSPS) is 14.8. The van der Waals surface area contributed by atoms with Crippen LogP contribution < -0.4 is 5.32 Å². The summed E-state index contributed by atoms with van der Waals surface area (Å²) in [7, 11) is 0. The van der Waals surface area contributed by atoms with E-state index in [0.29, 0.717) is 12.3 Å². The monoisotopic (exact) mass is 261 g/mol. The highest BCUT2D eigenvalue weighted by atomic mass is 16.6. The predicted octanol–water partition coefficient (Wildman–Crippen LogP) is 0.0932. The number of aliphatic carboxylic acids is 2. The Morgan fingerprint density at radius 1 is 1.17 bits per heavy atom. The van der Waals surface area contributed by atoms with Gasteiger partial charge in [0.15, 0.2) is 0 Å². The first-order valence-corrected chi connectivity index (χ1v) is 5.50. The van der Waals surface area contributed by atoms with Gasteiger partial charge in [-0.15, -0.1) is 0 Å². The number of carbonyl (C=O) groups excluding carboxylic acids is 1. The average molecular weight is 261 g/mol. The third kappa shape index (κ3) is 8.51. The molecule has 1 rings (SSSR count). The van der Waals surface area contributed by atoms with E-state index in [9.17, 15) is 4.79 Å². The molecule has 1 saturated heterocycles. The molecule has 0 radical (unpaired) electrons. The van der Waals surface area contributed by atoms with E-state index in [2.05, 4.69) is 5.32 Å². The van der Waals surface area contributed by atoms with Crippen LogP contribution in [0.1, 0.15) is 27.2 Å². The van der Waals surface area contributed by atoms with Gasteiger partial charge in [0.1, 0.15) is 5.60 Å². The lowest BCUT2D eigenvalue weighted by Crippen LogP contribution is -2.43. The second-order valence-electron chi connectivity index (χ2n) is 4.93. The summed E-state index contributed by atoms with van der Waals surface area (Å²) in [6, 6.07) is 0. The Balaban J connectivity index is 0.000000411. The number of carbonyl (C=O) groups is 3. The maximum Gasteiger partial charge on any atom is 0.414 e. The van der Waals surface area contributed by atoms with Crippen LogP contribution in [-0.4, -0.2) is 46.8 Å². The van der Waals surface area contributed by atoms with Gasteiger partial charge in [0.25, 0.3) is 0 Å². The van der Waals surface area contributed by atoms with Crippen molar-refractivity contribution in [2.24, 2.45) is 5.92 Å². The Morgan fingerprint density at radius 3 is 1.83 bits per heavy atom. The van der Waals surface area contributed by atoms with Gasteiger partial charge in [-0.2, -0.15) is 0 Å². The highest BCUT2D eigenvalue weighted by Crippen LogP contribution is 2.13. The van der Waals surface area contributed by atoms with Crippen molar-refractivity contribution in [2.75, 3.05) is 13.1 Å². The molecule has 3 N–H and O–H groups in total. The van der Waals surface area contributed by atoms with Crippen LogP contribution >= 0.6 is 0 Å². The van der Waals surface area contributed by atoms with Crippen LogP contribution in [0.25, 0.3) is 0 Å². The zero-order valence-electron chi connectivity index (χ0n) is 10.7. The van der Waals surface area contributed by atoms with Crippen molar-refractivity contribution in [3.05, 3.63) is 0 Å².